The zero-order valence-electron chi connectivity index (χ0n) is 15.7. The van der Waals surface area contributed by atoms with Crippen LogP contribution in [0.2, 0.25) is 0 Å². The van der Waals surface area contributed by atoms with Crippen LogP contribution in [0.5, 0.6) is 0 Å². The SMILES string of the molecule is O=C(c1ccc2c(-c3cnc4c(=O)[nH]cnc4c3)csc2c1)N1CCC(F)(F)CC1. The van der Waals surface area contributed by atoms with E-state index in [1.165, 1.54) is 22.6 Å². The molecule has 9 heteroatoms. The number of thiophene rings is 1. The Morgan fingerprint density at radius 3 is 2.77 bits per heavy atom. The first-order valence-electron chi connectivity index (χ1n) is 9.43. The third-order valence-corrected chi connectivity index (χ3v) is 6.34. The van der Waals surface area contributed by atoms with Gasteiger partial charge in [0.2, 0.25) is 0 Å². The molecule has 0 atom stereocenters. The lowest BCUT2D eigenvalue weighted by Crippen LogP contribution is -2.42. The number of nitrogens with one attached hydrogen (secondary N) is 1. The van der Waals surface area contributed by atoms with Gasteiger partial charge in [-0.1, -0.05) is 6.07 Å². The van der Waals surface area contributed by atoms with Crippen molar-refractivity contribution in [3.63, 3.8) is 0 Å². The molecule has 1 aromatic carbocycles. The van der Waals surface area contributed by atoms with E-state index in [1.54, 1.807) is 18.3 Å². The molecular weight excluding hydrogens is 410 g/mol. The minimum atomic E-state index is -2.68. The number of rotatable bonds is 2. The number of aromatic nitrogens is 3. The summed E-state index contributed by atoms with van der Waals surface area (Å²) < 4.78 is 27.7. The molecule has 1 aliphatic rings. The molecule has 1 N–H and O–H groups in total. The maximum atomic E-state index is 13.4. The zero-order chi connectivity index (χ0) is 20.9. The quantitative estimate of drug-likeness (QED) is 0.524. The van der Waals surface area contributed by atoms with Gasteiger partial charge in [0, 0.05) is 58.9 Å². The summed E-state index contributed by atoms with van der Waals surface area (Å²) in [6.45, 7) is 0.128. The van der Waals surface area contributed by atoms with Crippen molar-refractivity contribution < 1.29 is 13.6 Å². The fourth-order valence-corrected chi connectivity index (χ4v) is 4.71. The largest absolute Gasteiger partial charge is 0.338 e. The van der Waals surface area contributed by atoms with Gasteiger partial charge < -0.3 is 9.88 Å². The number of hydrogen-bond donors (Lipinski definition) is 1. The summed E-state index contributed by atoms with van der Waals surface area (Å²) in [7, 11) is 0. The highest BCUT2D eigenvalue weighted by molar-refractivity contribution is 7.17. The fraction of sp³-hybridized carbons (Fsp3) is 0.238. The van der Waals surface area contributed by atoms with Crippen LogP contribution in [0.25, 0.3) is 32.2 Å². The molecule has 0 unspecified atom stereocenters. The first-order chi connectivity index (χ1) is 14.4. The Morgan fingerprint density at radius 2 is 1.97 bits per heavy atom. The van der Waals surface area contributed by atoms with Gasteiger partial charge in [0.1, 0.15) is 0 Å². The first kappa shape index (κ1) is 18.8. The summed E-state index contributed by atoms with van der Waals surface area (Å²) in [5.74, 6) is -2.91. The summed E-state index contributed by atoms with van der Waals surface area (Å²) in [5, 5.41) is 2.92. The van der Waals surface area contributed by atoms with E-state index in [0.717, 1.165) is 21.2 Å². The monoisotopic (exact) mass is 426 g/mol. The molecule has 152 valence electrons. The lowest BCUT2D eigenvalue weighted by atomic mass is 10.0. The molecule has 0 saturated carbocycles. The highest BCUT2D eigenvalue weighted by Crippen LogP contribution is 2.35. The zero-order valence-corrected chi connectivity index (χ0v) is 16.5. The van der Waals surface area contributed by atoms with Crippen LogP contribution in [-0.2, 0) is 0 Å². The second-order valence-corrected chi connectivity index (χ2v) is 8.24. The third-order valence-electron chi connectivity index (χ3n) is 5.40. The van der Waals surface area contributed by atoms with Crippen LogP contribution in [0, 0.1) is 0 Å². The number of halogens is 2. The van der Waals surface area contributed by atoms with E-state index < -0.39 is 5.92 Å². The van der Waals surface area contributed by atoms with Crippen LogP contribution < -0.4 is 5.56 Å². The van der Waals surface area contributed by atoms with Crippen molar-refractivity contribution >= 4 is 38.4 Å². The number of carbonyl (C=O) groups is 1. The number of likely N-dealkylation sites (tertiary alicyclic amines) is 1. The predicted molar refractivity (Wildman–Crippen MR) is 111 cm³/mol. The van der Waals surface area contributed by atoms with Crippen molar-refractivity contribution in [2.24, 2.45) is 0 Å². The smallest absolute Gasteiger partial charge is 0.277 e. The Balaban J connectivity index is 1.47. The van der Waals surface area contributed by atoms with Crippen molar-refractivity contribution in [1.29, 1.82) is 0 Å². The molecule has 0 spiro atoms. The number of alkyl halides is 2. The molecule has 0 bridgehead atoms. The minimum absolute atomic E-state index is 0.0639. The number of benzene rings is 1. The van der Waals surface area contributed by atoms with Crippen LogP contribution in [0.3, 0.4) is 0 Å². The van der Waals surface area contributed by atoms with Gasteiger partial charge >= 0.3 is 0 Å². The number of amides is 1. The van der Waals surface area contributed by atoms with Crippen molar-refractivity contribution in [3.8, 4) is 11.1 Å². The number of hydrogen-bond acceptors (Lipinski definition) is 5. The van der Waals surface area contributed by atoms with Crippen LogP contribution in [0.15, 0.2) is 47.0 Å². The highest BCUT2D eigenvalue weighted by Gasteiger charge is 2.35. The maximum absolute atomic E-state index is 13.4. The average Bonchev–Trinajstić information content (AvgIpc) is 3.16. The molecule has 4 aromatic rings. The molecule has 4 heterocycles. The normalized spacial score (nSPS) is 16.3. The molecule has 30 heavy (non-hydrogen) atoms. The van der Waals surface area contributed by atoms with E-state index in [4.69, 9.17) is 0 Å². The van der Waals surface area contributed by atoms with E-state index in [1.807, 2.05) is 17.5 Å². The Morgan fingerprint density at radius 1 is 1.17 bits per heavy atom. The van der Waals surface area contributed by atoms with Crippen molar-refractivity contribution in [2.75, 3.05) is 13.1 Å². The number of aromatic amines is 1. The molecule has 1 saturated heterocycles. The van der Waals surface area contributed by atoms with Gasteiger partial charge in [-0.05, 0) is 23.6 Å². The Hall–Kier alpha value is -3.20. The molecule has 5 rings (SSSR count). The Labute approximate surface area is 173 Å². The van der Waals surface area contributed by atoms with Gasteiger partial charge in [-0.25, -0.2) is 18.7 Å². The first-order valence-corrected chi connectivity index (χ1v) is 10.3. The molecule has 6 nitrogen and oxygen atoms in total. The predicted octanol–water partition coefficient (Wildman–Crippen LogP) is 4.07. The topological polar surface area (TPSA) is 79.0 Å². The Bertz CT molecular complexity index is 1340. The Kier molecular flexibility index (Phi) is 4.35. The number of nitrogens with zero attached hydrogens (tertiary/aromatic N) is 3. The summed E-state index contributed by atoms with van der Waals surface area (Å²) in [6.07, 6.45) is 2.38. The molecule has 1 aliphatic heterocycles. The summed E-state index contributed by atoms with van der Waals surface area (Å²) in [6, 6.07) is 7.20. The number of fused-ring (bicyclic) bond motifs is 2. The van der Waals surface area contributed by atoms with Crippen molar-refractivity contribution in [2.45, 2.75) is 18.8 Å². The van der Waals surface area contributed by atoms with E-state index >= 15 is 0 Å². The second kappa shape index (κ2) is 6.94. The second-order valence-electron chi connectivity index (χ2n) is 7.33. The molecule has 1 amide bonds. The van der Waals surface area contributed by atoms with Gasteiger partial charge in [0.25, 0.3) is 17.4 Å². The molecule has 0 radical (unpaired) electrons. The molecule has 3 aromatic heterocycles. The number of H-pyrrole nitrogens is 1. The van der Waals surface area contributed by atoms with E-state index in [0.29, 0.717) is 11.1 Å². The van der Waals surface area contributed by atoms with Crippen LogP contribution >= 0.6 is 11.3 Å². The van der Waals surface area contributed by atoms with Gasteiger partial charge in [0.15, 0.2) is 5.52 Å². The number of carbonyl (C=O) groups excluding carboxylic acids is 1. The lowest BCUT2D eigenvalue weighted by molar-refractivity contribution is -0.0494. The van der Waals surface area contributed by atoms with Gasteiger partial charge in [-0.15, -0.1) is 11.3 Å². The highest BCUT2D eigenvalue weighted by atomic mass is 32.1. The van der Waals surface area contributed by atoms with Crippen molar-refractivity contribution in [3.05, 3.63) is 58.1 Å². The van der Waals surface area contributed by atoms with E-state index in [-0.39, 0.29) is 42.9 Å². The molecular formula is C21H16F2N4O2S. The van der Waals surface area contributed by atoms with Crippen LogP contribution in [0.4, 0.5) is 8.78 Å². The maximum Gasteiger partial charge on any atom is 0.277 e. The average molecular weight is 426 g/mol. The van der Waals surface area contributed by atoms with E-state index in [2.05, 4.69) is 15.0 Å². The summed E-state index contributed by atoms with van der Waals surface area (Å²) in [5.41, 5.74) is 2.74. The van der Waals surface area contributed by atoms with Crippen LogP contribution in [-0.4, -0.2) is 44.8 Å². The minimum Gasteiger partial charge on any atom is -0.338 e. The fourth-order valence-electron chi connectivity index (χ4n) is 3.71. The standard InChI is InChI=1S/C21H16F2N4O2S/c22-21(23)3-5-27(6-4-21)20(29)12-1-2-14-15(10-30-17(14)8-12)13-7-16-18(24-9-13)19(28)26-11-25-16/h1-2,7-11H,3-6H2,(H,25,26,28). The van der Waals surface area contributed by atoms with Gasteiger partial charge in [-0.2, -0.15) is 0 Å². The number of piperidine rings is 1. The lowest BCUT2D eigenvalue weighted by Gasteiger charge is -2.31. The number of pyridine rings is 1. The molecule has 1 fully saturated rings. The third kappa shape index (κ3) is 3.24. The summed E-state index contributed by atoms with van der Waals surface area (Å²) >= 11 is 1.49. The summed E-state index contributed by atoms with van der Waals surface area (Å²) in [4.78, 5) is 37.0. The van der Waals surface area contributed by atoms with Gasteiger partial charge in [0.05, 0.1) is 11.8 Å². The van der Waals surface area contributed by atoms with Gasteiger partial charge in [-0.3, -0.25) is 9.59 Å². The van der Waals surface area contributed by atoms with Crippen LogP contribution in [0.1, 0.15) is 23.2 Å². The molecule has 0 aliphatic carbocycles. The van der Waals surface area contributed by atoms with Crippen molar-refractivity contribution in [1.82, 2.24) is 19.9 Å². The van der Waals surface area contributed by atoms with E-state index in [9.17, 15) is 18.4 Å².